The van der Waals surface area contributed by atoms with Gasteiger partial charge in [-0.2, -0.15) is 0 Å². The molecule has 2 amide bonds. The summed E-state index contributed by atoms with van der Waals surface area (Å²) in [5.74, 6) is -0.411. The summed E-state index contributed by atoms with van der Waals surface area (Å²) in [6, 6.07) is 0. The second-order valence-corrected chi connectivity index (χ2v) is 2.94. The molecule has 3 nitrogen and oxygen atoms in total. The van der Waals surface area contributed by atoms with Crippen molar-refractivity contribution >= 4 is 11.8 Å². The van der Waals surface area contributed by atoms with E-state index in [1.54, 1.807) is 26.0 Å². The van der Waals surface area contributed by atoms with Crippen LogP contribution < -0.4 is 0 Å². The number of allylic oxidation sites excluding steroid dienone is 4. The van der Waals surface area contributed by atoms with Gasteiger partial charge in [0.25, 0.3) is 0 Å². The van der Waals surface area contributed by atoms with Crippen LogP contribution in [0.4, 0.5) is 0 Å². The van der Waals surface area contributed by atoms with Crippen LogP contribution in [0.25, 0.3) is 0 Å². The van der Waals surface area contributed by atoms with Gasteiger partial charge in [0.05, 0.1) is 0 Å². The van der Waals surface area contributed by atoms with E-state index in [4.69, 9.17) is 0 Å². The van der Waals surface area contributed by atoms with Crippen LogP contribution in [0.2, 0.25) is 0 Å². The fourth-order valence-corrected chi connectivity index (χ4v) is 1.09. The minimum atomic E-state index is -0.241. The molecule has 0 spiro atoms. The molecule has 3 heteroatoms. The van der Waals surface area contributed by atoms with E-state index < -0.39 is 0 Å². The number of amides is 2. The summed E-state index contributed by atoms with van der Waals surface area (Å²) in [4.78, 5) is 23.8. The number of imide groups is 1. The van der Waals surface area contributed by atoms with Gasteiger partial charge in [-0.1, -0.05) is 19.1 Å². The lowest BCUT2D eigenvalue weighted by atomic mass is 10.3. The van der Waals surface area contributed by atoms with Crippen molar-refractivity contribution in [2.24, 2.45) is 0 Å². The maximum atomic E-state index is 11.4. The second-order valence-electron chi connectivity index (χ2n) is 2.94. The Morgan fingerprint density at radius 2 is 1.86 bits per heavy atom. The fraction of sp³-hybridized carbons (Fsp3) is 0.455. The molecule has 0 N–H and O–H groups in total. The predicted octanol–water partition coefficient (Wildman–Crippen LogP) is 2.25. The van der Waals surface area contributed by atoms with Crippen LogP contribution in [-0.4, -0.2) is 16.7 Å². The Hall–Kier alpha value is -1.38. The van der Waals surface area contributed by atoms with E-state index in [0.717, 1.165) is 0 Å². The van der Waals surface area contributed by atoms with E-state index in [2.05, 4.69) is 0 Å². The van der Waals surface area contributed by atoms with Crippen LogP contribution >= 0.6 is 0 Å². The zero-order valence-electron chi connectivity index (χ0n) is 9.20. The average Bonchev–Trinajstić information content (AvgIpc) is 2.14. The highest BCUT2D eigenvalue weighted by Gasteiger charge is 2.16. The lowest BCUT2D eigenvalue weighted by molar-refractivity contribution is -0.140. The number of rotatable bonds is 3. The van der Waals surface area contributed by atoms with Gasteiger partial charge in [-0.05, 0) is 19.9 Å². The first-order valence-electron chi connectivity index (χ1n) is 4.67. The van der Waals surface area contributed by atoms with Gasteiger partial charge >= 0.3 is 0 Å². The molecule has 78 valence electrons. The largest absolute Gasteiger partial charge is 0.274 e. The molecule has 0 saturated carbocycles. The zero-order chi connectivity index (χ0) is 11.1. The summed E-state index contributed by atoms with van der Waals surface area (Å²) < 4.78 is 0. The normalized spacial score (nSPS) is 11.9. The Labute approximate surface area is 85.1 Å². The summed E-state index contributed by atoms with van der Waals surface area (Å²) in [6.45, 7) is 6.75. The van der Waals surface area contributed by atoms with Crippen molar-refractivity contribution < 1.29 is 9.59 Å². The molecule has 0 saturated heterocycles. The number of carbonyl (C=O) groups excluding carboxylic acids is 2. The van der Waals surface area contributed by atoms with E-state index >= 15 is 0 Å². The Morgan fingerprint density at radius 3 is 2.21 bits per heavy atom. The summed E-state index contributed by atoms with van der Waals surface area (Å²) in [6.07, 6.45) is 5.72. The molecule has 0 heterocycles. The molecule has 0 rings (SSSR count). The van der Waals surface area contributed by atoms with E-state index in [1.165, 1.54) is 11.8 Å². The molecule has 0 unspecified atom stereocenters. The van der Waals surface area contributed by atoms with Crippen molar-refractivity contribution in [1.82, 2.24) is 4.90 Å². The minimum absolute atomic E-state index is 0.171. The quantitative estimate of drug-likeness (QED) is 0.648. The van der Waals surface area contributed by atoms with Crippen LogP contribution in [0.15, 0.2) is 23.9 Å². The van der Waals surface area contributed by atoms with Crippen molar-refractivity contribution in [2.75, 3.05) is 0 Å². The highest BCUT2D eigenvalue weighted by Crippen LogP contribution is 2.06. The monoisotopic (exact) mass is 195 g/mol. The van der Waals surface area contributed by atoms with Gasteiger partial charge < -0.3 is 0 Å². The topological polar surface area (TPSA) is 37.4 Å². The summed E-state index contributed by atoms with van der Waals surface area (Å²) in [7, 11) is 0. The second kappa shape index (κ2) is 6.13. The van der Waals surface area contributed by atoms with Gasteiger partial charge in [0, 0.05) is 19.0 Å². The number of carbonyl (C=O) groups is 2. The Kier molecular flexibility index (Phi) is 5.53. The SMILES string of the molecule is C/C=C\C=C(/C)N(C(C)=O)C(=O)CC. The van der Waals surface area contributed by atoms with Gasteiger partial charge in [-0.3, -0.25) is 14.5 Å². The van der Waals surface area contributed by atoms with Gasteiger partial charge in [0.2, 0.25) is 11.8 Å². The van der Waals surface area contributed by atoms with Gasteiger partial charge in [0.15, 0.2) is 0 Å². The Balaban J connectivity index is 4.83. The lowest BCUT2D eigenvalue weighted by Crippen LogP contribution is -2.32. The average molecular weight is 195 g/mol. The van der Waals surface area contributed by atoms with E-state index in [9.17, 15) is 9.59 Å². The maximum absolute atomic E-state index is 11.4. The molecule has 0 radical (unpaired) electrons. The first-order chi connectivity index (χ1) is 6.54. The van der Waals surface area contributed by atoms with Crippen molar-refractivity contribution in [3.8, 4) is 0 Å². The van der Waals surface area contributed by atoms with Crippen molar-refractivity contribution in [2.45, 2.75) is 34.1 Å². The van der Waals surface area contributed by atoms with Crippen LogP contribution in [0, 0.1) is 0 Å². The molecule has 0 atom stereocenters. The summed E-state index contributed by atoms with van der Waals surface area (Å²) in [5, 5.41) is 0. The van der Waals surface area contributed by atoms with Crippen molar-refractivity contribution in [1.29, 1.82) is 0 Å². The van der Waals surface area contributed by atoms with Gasteiger partial charge in [-0.15, -0.1) is 0 Å². The van der Waals surface area contributed by atoms with E-state index in [1.807, 2.05) is 13.0 Å². The zero-order valence-corrected chi connectivity index (χ0v) is 9.20. The smallest absolute Gasteiger partial charge is 0.233 e. The summed E-state index contributed by atoms with van der Waals surface area (Å²) >= 11 is 0. The molecular weight excluding hydrogens is 178 g/mol. The third kappa shape index (κ3) is 3.56. The molecule has 14 heavy (non-hydrogen) atoms. The first-order valence-corrected chi connectivity index (χ1v) is 4.67. The maximum Gasteiger partial charge on any atom is 0.233 e. The third-order valence-corrected chi connectivity index (χ3v) is 1.75. The fourth-order valence-electron chi connectivity index (χ4n) is 1.09. The van der Waals surface area contributed by atoms with Crippen LogP contribution in [0.3, 0.4) is 0 Å². The minimum Gasteiger partial charge on any atom is -0.274 e. The molecular formula is C11H17NO2. The third-order valence-electron chi connectivity index (χ3n) is 1.75. The van der Waals surface area contributed by atoms with Gasteiger partial charge in [-0.25, -0.2) is 0 Å². The van der Waals surface area contributed by atoms with Crippen LogP contribution in [0.5, 0.6) is 0 Å². The molecule has 0 bridgehead atoms. The van der Waals surface area contributed by atoms with E-state index in [0.29, 0.717) is 12.1 Å². The highest BCUT2D eigenvalue weighted by atomic mass is 16.2. The Morgan fingerprint density at radius 1 is 1.29 bits per heavy atom. The van der Waals surface area contributed by atoms with Crippen molar-refractivity contribution in [3.63, 3.8) is 0 Å². The molecule has 0 aromatic heterocycles. The molecule has 0 aliphatic heterocycles. The van der Waals surface area contributed by atoms with Crippen LogP contribution in [-0.2, 0) is 9.59 Å². The Bertz CT molecular complexity index is 277. The van der Waals surface area contributed by atoms with Gasteiger partial charge in [0.1, 0.15) is 0 Å². The van der Waals surface area contributed by atoms with Crippen LogP contribution in [0.1, 0.15) is 34.1 Å². The number of nitrogens with zero attached hydrogens (tertiary/aromatic N) is 1. The molecule has 0 aromatic rings. The van der Waals surface area contributed by atoms with E-state index in [-0.39, 0.29) is 11.8 Å². The van der Waals surface area contributed by atoms with Crippen molar-refractivity contribution in [3.05, 3.63) is 23.9 Å². The highest BCUT2D eigenvalue weighted by molar-refractivity contribution is 5.96. The molecule has 0 aliphatic rings. The number of hydrogen-bond acceptors (Lipinski definition) is 2. The molecule has 0 fully saturated rings. The standard InChI is InChI=1S/C11H17NO2/c1-5-7-8-9(3)12(10(4)13)11(14)6-2/h5,7-8H,6H2,1-4H3/b7-5-,9-8+. The lowest BCUT2D eigenvalue weighted by Gasteiger charge is -2.18. The summed E-state index contributed by atoms with van der Waals surface area (Å²) in [5.41, 5.74) is 0.655. The molecule has 0 aromatic carbocycles. The molecule has 0 aliphatic carbocycles. The number of hydrogen-bond donors (Lipinski definition) is 0. The first kappa shape index (κ1) is 12.6. The predicted molar refractivity (Wildman–Crippen MR) is 56.4 cm³/mol.